The summed E-state index contributed by atoms with van der Waals surface area (Å²) in [6.45, 7) is 0. The Morgan fingerprint density at radius 2 is 1.22 bits per heavy atom. The van der Waals surface area contributed by atoms with Crippen molar-refractivity contribution < 1.29 is 19.1 Å². The molecule has 4 atom stereocenters. The summed E-state index contributed by atoms with van der Waals surface area (Å²) in [5, 5.41) is 0.728. The Labute approximate surface area is 224 Å². The molecule has 2 bridgehead atoms. The average molecular weight is 532 g/mol. The van der Waals surface area contributed by atoms with Gasteiger partial charge in [-0.15, -0.1) is 0 Å². The van der Waals surface area contributed by atoms with Crippen LogP contribution in [-0.2, 0) is 9.59 Å². The third-order valence-electron chi connectivity index (χ3n) is 7.61. The molecule has 2 amide bonds. The van der Waals surface area contributed by atoms with Crippen molar-refractivity contribution >= 4 is 46.3 Å². The molecule has 2 fully saturated rings. The van der Waals surface area contributed by atoms with Crippen LogP contribution in [0.4, 0.5) is 5.69 Å². The zero-order valence-electron chi connectivity index (χ0n) is 20.2. The predicted molar refractivity (Wildman–Crippen MR) is 144 cm³/mol. The van der Waals surface area contributed by atoms with Crippen molar-refractivity contribution in [2.45, 2.75) is 0 Å². The molecular weight excluding hydrogens is 509 g/mol. The van der Waals surface area contributed by atoms with Gasteiger partial charge < -0.3 is 9.47 Å². The number of allylic oxidation sites excluding steroid dienone is 3. The minimum atomic E-state index is -0.476. The summed E-state index contributed by atoms with van der Waals surface area (Å²) >= 11 is 12.5. The normalized spacial score (nSPS) is 23.6. The second-order valence-corrected chi connectivity index (χ2v) is 10.2. The molecule has 1 aliphatic heterocycles. The fraction of sp³-hybridized carbons (Fsp3) is 0.200. The number of fused-ring (bicyclic) bond motifs is 5. The third kappa shape index (κ3) is 3.68. The van der Waals surface area contributed by atoms with Crippen molar-refractivity contribution in [3.63, 3.8) is 0 Å². The van der Waals surface area contributed by atoms with Gasteiger partial charge in [0.25, 0.3) is 0 Å². The van der Waals surface area contributed by atoms with Crippen molar-refractivity contribution in [3.05, 3.63) is 106 Å². The lowest BCUT2D eigenvalue weighted by atomic mass is 9.85. The molecule has 7 heteroatoms. The minimum Gasteiger partial charge on any atom is -0.497 e. The highest BCUT2D eigenvalue weighted by atomic mass is 35.5. The first-order valence-electron chi connectivity index (χ1n) is 12.0. The van der Waals surface area contributed by atoms with Crippen molar-refractivity contribution in [1.82, 2.24) is 0 Å². The molecule has 1 heterocycles. The Balaban J connectivity index is 1.47. The standard InChI is InChI=1S/C30H23Cl2NO4/c1-36-19-8-3-16(4-9-19)25(17-5-10-20(37-2)11-6-17)26-21-12-13-22(26)28-27(21)29(34)33(30(28)35)24-14-7-18(31)15-23(24)32/h3-15,21-22,27-28H,1-2H3. The number of amides is 2. The third-order valence-corrected chi connectivity index (χ3v) is 8.15. The lowest BCUT2D eigenvalue weighted by molar-refractivity contribution is -0.122. The van der Waals surface area contributed by atoms with E-state index >= 15 is 0 Å². The lowest BCUT2D eigenvalue weighted by Gasteiger charge is -2.22. The van der Waals surface area contributed by atoms with Crippen LogP contribution < -0.4 is 14.4 Å². The number of rotatable bonds is 5. The molecule has 3 aliphatic rings. The van der Waals surface area contributed by atoms with Gasteiger partial charge >= 0.3 is 0 Å². The van der Waals surface area contributed by atoms with Crippen LogP contribution in [0.25, 0.3) is 5.57 Å². The molecule has 3 aromatic carbocycles. The maximum atomic E-state index is 13.8. The van der Waals surface area contributed by atoms with Gasteiger partial charge in [-0.1, -0.05) is 59.6 Å². The number of hydrogen-bond acceptors (Lipinski definition) is 4. The van der Waals surface area contributed by atoms with Gasteiger partial charge in [0.1, 0.15) is 11.5 Å². The zero-order chi connectivity index (χ0) is 25.8. The highest BCUT2D eigenvalue weighted by Crippen LogP contribution is 2.59. The number of halogens is 2. The summed E-state index contributed by atoms with van der Waals surface area (Å²) in [4.78, 5) is 28.8. The summed E-state index contributed by atoms with van der Waals surface area (Å²) in [6, 6.07) is 20.6. The van der Waals surface area contributed by atoms with Gasteiger partial charge in [0, 0.05) is 16.9 Å². The first-order valence-corrected chi connectivity index (χ1v) is 12.7. The summed E-state index contributed by atoms with van der Waals surface area (Å²) in [5.41, 5.74) is 4.49. The molecule has 3 aromatic rings. The fourth-order valence-electron chi connectivity index (χ4n) is 6.01. The van der Waals surface area contributed by atoms with Crippen LogP contribution >= 0.6 is 23.2 Å². The van der Waals surface area contributed by atoms with E-state index in [1.807, 2.05) is 48.5 Å². The van der Waals surface area contributed by atoms with E-state index in [2.05, 4.69) is 12.2 Å². The molecule has 0 N–H and O–H groups in total. The Kier molecular flexibility index (Phi) is 5.85. The van der Waals surface area contributed by atoms with Crippen LogP contribution in [0.1, 0.15) is 11.1 Å². The smallest absolute Gasteiger partial charge is 0.238 e. The molecule has 0 spiro atoms. The Morgan fingerprint density at radius 3 is 1.65 bits per heavy atom. The quantitative estimate of drug-likeness (QED) is 0.281. The molecular formula is C30H23Cl2NO4. The van der Waals surface area contributed by atoms with Gasteiger partial charge in [0.15, 0.2) is 0 Å². The Hall–Kier alpha value is -3.54. The van der Waals surface area contributed by atoms with Crippen molar-refractivity contribution in [3.8, 4) is 11.5 Å². The number of ether oxygens (including phenoxy) is 2. The summed E-state index contributed by atoms with van der Waals surface area (Å²) in [6.07, 6.45) is 4.15. The number of methoxy groups -OCH3 is 2. The van der Waals surface area contributed by atoms with Crippen LogP contribution in [-0.4, -0.2) is 26.0 Å². The van der Waals surface area contributed by atoms with Gasteiger partial charge in [0.2, 0.25) is 11.8 Å². The molecule has 37 heavy (non-hydrogen) atoms. The number of benzene rings is 3. The molecule has 0 aromatic heterocycles. The zero-order valence-corrected chi connectivity index (χ0v) is 21.7. The molecule has 1 saturated carbocycles. The Morgan fingerprint density at radius 1 is 0.730 bits per heavy atom. The van der Waals surface area contributed by atoms with E-state index < -0.39 is 11.8 Å². The van der Waals surface area contributed by atoms with Crippen LogP contribution in [0, 0.1) is 23.7 Å². The molecule has 0 radical (unpaired) electrons. The van der Waals surface area contributed by atoms with Gasteiger partial charge in [-0.3, -0.25) is 9.59 Å². The molecule has 186 valence electrons. The van der Waals surface area contributed by atoms with E-state index in [4.69, 9.17) is 32.7 Å². The van der Waals surface area contributed by atoms with E-state index in [1.165, 1.54) is 4.90 Å². The van der Waals surface area contributed by atoms with Gasteiger partial charge in [0.05, 0.1) is 36.8 Å². The fourth-order valence-corrected chi connectivity index (χ4v) is 6.50. The largest absolute Gasteiger partial charge is 0.497 e. The first-order chi connectivity index (χ1) is 17.9. The molecule has 1 saturated heterocycles. The molecule has 6 rings (SSSR count). The number of anilines is 1. The monoisotopic (exact) mass is 531 g/mol. The van der Waals surface area contributed by atoms with E-state index in [1.54, 1.807) is 32.4 Å². The minimum absolute atomic E-state index is 0.193. The second-order valence-electron chi connectivity index (χ2n) is 9.38. The summed E-state index contributed by atoms with van der Waals surface area (Å²) < 4.78 is 10.7. The van der Waals surface area contributed by atoms with E-state index in [0.29, 0.717) is 10.7 Å². The second kappa shape index (κ2) is 9.09. The van der Waals surface area contributed by atoms with Crippen LogP contribution in [0.15, 0.2) is 84.5 Å². The maximum absolute atomic E-state index is 13.8. The summed E-state index contributed by atoms with van der Waals surface area (Å²) in [7, 11) is 3.27. The Bertz CT molecular complexity index is 1390. The summed E-state index contributed by atoms with van der Waals surface area (Å²) in [5.74, 6) is -0.272. The van der Waals surface area contributed by atoms with Gasteiger partial charge in [-0.2, -0.15) is 0 Å². The van der Waals surface area contributed by atoms with Crippen molar-refractivity contribution in [1.29, 1.82) is 0 Å². The van der Waals surface area contributed by atoms with Gasteiger partial charge in [-0.05, 0) is 64.7 Å². The van der Waals surface area contributed by atoms with Gasteiger partial charge in [-0.25, -0.2) is 4.90 Å². The molecule has 4 unspecified atom stereocenters. The molecule has 2 aliphatic carbocycles. The number of carbonyl (C=O) groups excluding carboxylic acids is 2. The van der Waals surface area contributed by atoms with Crippen molar-refractivity contribution in [2.75, 3.05) is 19.1 Å². The highest BCUT2D eigenvalue weighted by Gasteiger charge is 2.62. The van der Waals surface area contributed by atoms with Crippen LogP contribution in [0.2, 0.25) is 10.0 Å². The number of imide groups is 1. The topological polar surface area (TPSA) is 55.8 Å². The number of carbonyl (C=O) groups is 2. The van der Waals surface area contributed by atoms with E-state index in [0.717, 1.165) is 33.8 Å². The number of nitrogens with zero attached hydrogens (tertiary/aromatic N) is 1. The van der Waals surface area contributed by atoms with Crippen LogP contribution in [0.3, 0.4) is 0 Å². The SMILES string of the molecule is COc1ccc(C(=C2C3C=CC2C2C(=O)N(c4ccc(Cl)cc4Cl)C(=O)C32)c2ccc(OC)cc2)cc1. The number of hydrogen-bond donors (Lipinski definition) is 0. The van der Waals surface area contributed by atoms with E-state index in [-0.39, 0.29) is 28.7 Å². The predicted octanol–water partition coefficient (Wildman–Crippen LogP) is 6.43. The average Bonchev–Trinajstić information content (AvgIpc) is 3.54. The lowest BCUT2D eigenvalue weighted by Crippen LogP contribution is -2.33. The van der Waals surface area contributed by atoms with E-state index in [9.17, 15) is 9.59 Å². The molecule has 5 nitrogen and oxygen atoms in total. The van der Waals surface area contributed by atoms with Crippen molar-refractivity contribution in [2.24, 2.45) is 23.7 Å². The maximum Gasteiger partial charge on any atom is 0.238 e. The first kappa shape index (κ1) is 23.8. The highest BCUT2D eigenvalue weighted by molar-refractivity contribution is 6.38. The van der Waals surface area contributed by atoms with Crippen LogP contribution in [0.5, 0.6) is 11.5 Å².